The summed E-state index contributed by atoms with van der Waals surface area (Å²) in [6, 6.07) is 10.3. The Kier molecular flexibility index (Phi) is 11.5. The maximum atomic E-state index is 14.0. The summed E-state index contributed by atoms with van der Waals surface area (Å²) in [5, 5.41) is 5.49. The number of imidazole rings is 2. The maximum Gasteiger partial charge on any atom is 0.407 e. The van der Waals surface area contributed by atoms with Crippen molar-refractivity contribution in [1.82, 2.24) is 40.4 Å². The summed E-state index contributed by atoms with van der Waals surface area (Å²) in [5.74, 6) is 0.929. The molecule has 4 amide bonds. The smallest absolute Gasteiger partial charge is 0.407 e. The second kappa shape index (κ2) is 16.1. The van der Waals surface area contributed by atoms with Crippen molar-refractivity contribution in [2.45, 2.75) is 116 Å². The molecule has 0 unspecified atom stereocenters. The minimum atomic E-state index is -0.716. The van der Waals surface area contributed by atoms with E-state index in [1.54, 1.807) is 0 Å². The van der Waals surface area contributed by atoms with Crippen LogP contribution in [0.4, 0.5) is 9.59 Å². The van der Waals surface area contributed by atoms with E-state index in [0.29, 0.717) is 0 Å². The fourth-order valence-corrected chi connectivity index (χ4v) is 8.23. The highest BCUT2D eigenvalue weighted by Crippen LogP contribution is 2.40. The van der Waals surface area contributed by atoms with Gasteiger partial charge in [0.05, 0.1) is 48.4 Å². The van der Waals surface area contributed by atoms with Gasteiger partial charge in [-0.05, 0) is 85.8 Å². The Balaban J connectivity index is 1.26. The van der Waals surface area contributed by atoms with E-state index in [0.717, 1.165) is 83.4 Å². The third-order valence-electron chi connectivity index (χ3n) is 11.2. The van der Waals surface area contributed by atoms with Gasteiger partial charge in [-0.25, -0.2) is 19.6 Å². The first-order valence-electron chi connectivity index (χ1n) is 19.2. The normalized spacial score (nSPS) is 21.2. The van der Waals surface area contributed by atoms with Crippen LogP contribution in [0.5, 0.6) is 0 Å². The molecule has 2 aliphatic rings. The third kappa shape index (κ3) is 7.47. The standard InChI is InChI=1S/C40H54N8O6/c1-9-25-13-17-31(47(25)37(49)33(21(3)4)45-39(51)53-7)35-41-27-15-11-23(19-29(27)43-35)24-12-16-28-30(20-24)44-36(42-28)32-18-14-26(10-2)48(32)38(50)34(22(5)6)46-40(52)54-8/h11-12,15-16,19-22,25-26,31-34H,9-10,13-14,17-18H2,1-8H3,(H,41,43)(H,42,44)(H,45,51)(H,46,52)/t25-,26-,31+,32+,33+,34+/m1/s1. The number of aromatic nitrogens is 4. The number of carbonyl (C=O) groups excluding carboxylic acids is 4. The molecule has 6 rings (SSSR count). The molecule has 0 aliphatic carbocycles. The van der Waals surface area contributed by atoms with Crippen LogP contribution in [-0.4, -0.2) is 92.1 Å². The molecule has 2 fully saturated rings. The van der Waals surface area contributed by atoms with Gasteiger partial charge in [0.15, 0.2) is 0 Å². The van der Waals surface area contributed by atoms with Gasteiger partial charge in [-0.15, -0.1) is 0 Å². The number of hydrogen-bond donors (Lipinski definition) is 4. The molecule has 14 nitrogen and oxygen atoms in total. The summed E-state index contributed by atoms with van der Waals surface area (Å²) in [6.45, 7) is 11.8. The van der Waals surface area contributed by atoms with Gasteiger partial charge in [0, 0.05) is 12.1 Å². The van der Waals surface area contributed by atoms with Crippen molar-refractivity contribution in [3.8, 4) is 11.1 Å². The number of likely N-dealkylation sites (tertiary alicyclic amines) is 2. The predicted octanol–water partition coefficient (Wildman–Crippen LogP) is 6.75. The predicted molar refractivity (Wildman–Crippen MR) is 205 cm³/mol. The minimum Gasteiger partial charge on any atom is -0.453 e. The number of rotatable bonds is 11. The number of fused-ring (bicyclic) bond motifs is 2. The molecule has 6 atom stereocenters. The molecule has 0 bridgehead atoms. The highest BCUT2D eigenvalue weighted by atomic mass is 16.5. The zero-order chi connectivity index (χ0) is 38.8. The summed E-state index contributed by atoms with van der Waals surface area (Å²) in [6.07, 6.45) is 3.57. The molecule has 2 aliphatic heterocycles. The van der Waals surface area contributed by atoms with Gasteiger partial charge >= 0.3 is 12.2 Å². The lowest BCUT2D eigenvalue weighted by atomic mass is 10.0. The van der Waals surface area contributed by atoms with Gasteiger partial charge in [0.25, 0.3) is 0 Å². The number of H-pyrrole nitrogens is 2. The van der Waals surface area contributed by atoms with Crippen molar-refractivity contribution in [3.63, 3.8) is 0 Å². The average molecular weight is 743 g/mol. The summed E-state index contributed by atoms with van der Waals surface area (Å²) in [4.78, 5) is 73.0. The molecule has 0 radical (unpaired) electrons. The number of aromatic amines is 2. The van der Waals surface area contributed by atoms with Crippen LogP contribution in [0.3, 0.4) is 0 Å². The Morgan fingerprint density at radius 2 is 1.07 bits per heavy atom. The number of hydrogen-bond acceptors (Lipinski definition) is 8. The molecular weight excluding hydrogens is 688 g/mol. The first-order valence-corrected chi connectivity index (χ1v) is 19.2. The van der Waals surface area contributed by atoms with E-state index >= 15 is 0 Å². The van der Waals surface area contributed by atoms with Gasteiger partial charge in [-0.1, -0.05) is 53.7 Å². The molecule has 2 saturated heterocycles. The van der Waals surface area contributed by atoms with Crippen molar-refractivity contribution in [2.75, 3.05) is 14.2 Å². The lowest BCUT2D eigenvalue weighted by Crippen LogP contribution is -2.53. The molecule has 2 aromatic heterocycles. The van der Waals surface area contributed by atoms with E-state index in [1.807, 2.05) is 61.8 Å². The van der Waals surface area contributed by atoms with Crippen molar-refractivity contribution in [3.05, 3.63) is 48.0 Å². The SMILES string of the molecule is CC[C@@H]1CC[C@@H](c2nc3ccc(-c4ccc5nc([C@@H]6CC[C@@H](CC)N6C(=O)[C@@H](NC(=O)OC)C(C)C)[nH]c5c4)cc3[nH]2)N1C(=O)[C@@H](NC(=O)OC)C(C)C. The van der Waals surface area contributed by atoms with Crippen molar-refractivity contribution < 1.29 is 28.7 Å². The monoisotopic (exact) mass is 742 g/mol. The van der Waals surface area contributed by atoms with Crippen molar-refractivity contribution in [2.24, 2.45) is 11.8 Å². The molecule has 54 heavy (non-hydrogen) atoms. The first kappa shape index (κ1) is 38.6. The molecule has 2 aromatic carbocycles. The second-order valence-corrected chi connectivity index (χ2v) is 15.2. The Labute approximate surface area is 316 Å². The van der Waals surface area contributed by atoms with E-state index < -0.39 is 24.3 Å². The fourth-order valence-electron chi connectivity index (χ4n) is 8.23. The number of ether oxygens (including phenoxy) is 2. The number of amides is 4. The van der Waals surface area contributed by atoms with Crippen LogP contribution < -0.4 is 10.6 Å². The number of benzene rings is 2. The van der Waals surface area contributed by atoms with Crippen molar-refractivity contribution in [1.29, 1.82) is 0 Å². The van der Waals surface area contributed by atoms with E-state index in [4.69, 9.17) is 19.4 Å². The van der Waals surface area contributed by atoms with E-state index in [1.165, 1.54) is 14.2 Å². The number of nitrogens with zero attached hydrogens (tertiary/aromatic N) is 4. The van der Waals surface area contributed by atoms with E-state index in [-0.39, 0.29) is 47.8 Å². The Hall–Kier alpha value is -5.14. The van der Waals surface area contributed by atoms with Crippen LogP contribution in [0.15, 0.2) is 36.4 Å². The third-order valence-corrected chi connectivity index (χ3v) is 11.2. The highest BCUT2D eigenvalue weighted by Gasteiger charge is 2.43. The van der Waals surface area contributed by atoms with Crippen LogP contribution in [0.1, 0.15) is 104 Å². The summed E-state index contributed by atoms with van der Waals surface area (Å²) >= 11 is 0. The zero-order valence-corrected chi connectivity index (χ0v) is 32.6. The molecule has 0 spiro atoms. The Morgan fingerprint density at radius 3 is 1.41 bits per heavy atom. The Morgan fingerprint density at radius 1 is 0.685 bits per heavy atom. The maximum absolute atomic E-state index is 14.0. The number of methoxy groups -OCH3 is 2. The molecule has 4 heterocycles. The number of carbonyl (C=O) groups is 4. The summed E-state index contributed by atoms with van der Waals surface area (Å²) in [5.41, 5.74) is 5.30. The molecule has 4 N–H and O–H groups in total. The average Bonchev–Trinajstić information content (AvgIpc) is 3.97. The van der Waals surface area contributed by atoms with Crippen LogP contribution in [0.25, 0.3) is 33.2 Å². The second-order valence-electron chi connectivity index (χ2n) is 15.2. The largest absolute Gasteiger partial charge is 0.453 e. The van der Waals surface area contributed by atoms with Gasteiger partial charge in [0.2, 0.25) is 11.8 Å². The topological polar surface area (TPSA) is 175 Å². The quantitative estimate of drug-likeness (QED) is 0.131. The van der Waals surface area contributed by atoms with Crippen LogP contribution in [-0.2, 0) is 19.1 Å². The Bertz CT molecular complexity index is 1860. The number of nitrogens with one attached hydrogen (secondary N) is 4. The lowest BCUT2D eigenvalue weighted by molar-refractivity contribution is -0.138. The summed E-state index contributed by atoms with van der Waals surface area (Å²) < 4.78 is 9.64. The number of alkyl carbamates (subject to hydrolysis) is 2. The van der Waals surface area contributed by atoms with E-state index in [9.17, 15) is 19.2 Å². The van der Waals surface area contributed by atoms with Crippen LogP contribution in [0, 0.1) is 11.8 Å². The molecule has 290 valence electrons. The molecule has 0 saturated carbocycles. The van der Waals surface area contributed by atoms with Crippen LogP contribution in [0.2, 0.25) is 0 Å². The van der Waals surface area contributed by atoms with Gasteiger partial charge in [0.1, 0.15) is 23.7 Å². The van der Waals surface area contributed by atoms with E-state index in [2.05, 4.69) is 46.6 Å². The van der Waals surface area contributed by atoms with Gasteiger partial charge in [-0.2, -0.15) is 0 Å². The first-order chi connectivity index (χ1) is 25.9. The summed E-state index contributed by atoms with van der Waals surface area (Å²) in [7, 11) is 2.59. The minimum absolute atomic E-state index is 0.0356. The fraction of sp³-hybridized carbons (Fsp3) is 0.550. The molecular formula is C40H54N8O6. The lowest BCUT2D eigenvalue weighted by Gasteiger charge is -2.33. The highest BCUT2D eigenvalue weighted by molar-refractivity contribution is 5.89. The molecule has 14 heteroatoms. The molecule has 4 aromatic rings. The van der Waals surface area contributed by atoms with Gasteiger partial charge in [-0.3, -0.25) is 9.59 Å². The van der Waals surface area contributed by atoms with Crippen molar-refractivity contribution >= 4 is 46.1 Å². The van der Waals surface area contributed by atoms with Crippen LogP contribution >= 0.6 is 0 Å². The zero-order valence-electron chi connectivity index (χ0n) is 32.6. The van der Waals surface area contributed by atoms with Gasteiger partial charge < -0.3 is 39.9 Å².